The first-order valence-electron chi connectivity index (χ1n) is 8.24. The third kappa shape index (κ3) is 3.65. The van der Waals surface area contributed by atoms with Gasteiger partial charge in [-0.3, -0.25) is 0 Å². The molecule has 0 fully saturated rings. The molecule has 3 aromatic rings. The molecule has 0 N–H and O–H groups in total. The summed E-state index contributed by atoms with van der Waals surface area (Å²) in [6, 6.07) is 22.9. The average Bonchev–Trinajstić information content (AvgIpc) is 3.07. The van der Waals surface area contributed by atoms with Crippen molar-refractivity contribution in [2.24, 2.45) is 4.99 Å². The number of esters is 1. The summed E-state index contributed by atoms with van der Waals surface area (Å²) in [5.41, 5.74) is 3.71. The highest BCUT2D eigenvalue weighted by atomic mass is 35.5. The predicted octanol–water partition coefficient (Wildman–Crippen LogP) is 6.00. The minimum atomic E-state index is -0.520. The number of ether oxygens (including phenoxy) is 1. The number of halogens is 2. The van der Waals surface area contributed by atoms with Crippen molar-refractivity contribution < 1.29 is 9.53 Å². The second-order valence-corrected chi connectivity index (χ2v) is 6.71. The Bertz CT molecular complexity index is 1070. The first kappa shape index (κ1) is 17.5. The summed E-state index contributed by atoms with van der Waals surface area (Å²) >= 11 is 12.2. The Morgan fingerprint density at radius 2 is 1.44 bits per heavy atom. The quantitative estimate of drug-likeness (QED) is 0.403. The molecule has 1 aliphatic rings. The van der Waals surface area contributed by atoms with Gasteiger partial charge in [-0.2, -0.15) is 0 Å². The molecule has 0 aromatic heterocycles. The Morgan fingerprint density at radius 3 is 2.19 bits per heavy atom. The van der Waals surface area contributed by atoms with Gasteiger partial charge in [0.1, 0.15) is 0 Å². The van der Waals surface area contributed by atoms with Crippen molar-refractivity contribution in [1.29, 1.82) is 0 Å². The maximum Gasteiger partial charge on any atom is 0.363 e. The molecule has 1 heterocycles. The smallest absolute Gasteiger partial charge is 0.363 e. The molecule has 1 aliphatic heterocycles. The van der Waals surface area contributed by atoms with E-state index in [0.717, 1.165) is 16.7 Å². The van der Waals surface area contributed by atoms with Gasteiger partial charge in [0.25, 0.3) is 0 Å². The Kier molecular flexibility index (Phi) is 4.80. The molecule has 0 amide bonds. The van der Waals surface area contributed by atoms with Gasteiger partial charge in [-0.25, -0.2) is 9.79 Å². The highest BCUT2D eigenvalue weighted by Gasteiger charge is 2.24. The first-order valence-corrected chi connectivity index (χ1v) is 9.00. The van der Waals surface area contributed by atoms with E-state index in [1.54, 1.807) is 24.3 Å². The molecule has 0 spiro atoms. The van der Waals surface area contributed by atoms with Crippen LogP contribution in [0.5, 0.6) is 0 Å². The topological polar surface area (TPSA) is 38.7 Å². The third-order valence-electron chi connectivity index (χ3n) is 4.13. The lowest BCUT2D eigenvalue weighted by atomic mass is 10.0. The van der Waals surface area contributed by atoms with Crippen LogP contribution in [0.4, 0.5) is 0 Å². The molecule has 0 bridgehead atoms. The number of carbonyl (C=O) groups excluding carboxylic acids is 1. The summed E-state index contributed by atoms with van der Waals surface area (Å²) in [4.78, 5) is 16.5. The van der Waals surface area contributed by atoms with E-state index < -0.39 is 5.97 Å². The number of aliphatic imine (C=N–C) groups is 1. The highest BCUT2D eigenvalue weighted by Crippen LogP contribution is 2.29. The van der Waals surface area contributed by atoms with Crippen LogP contribution in [0.25, 0.3) is 17.2 Å². The number of benzene rings is 3. The molecule has 27 heavy (non-hydrogen) atoms. The molecule has 4 rings (SSSR count). The van der Waals surface area contributed by atoms with E-state index in [9.17, 15) is 4.79 Å². The van der Waals surface area contributed by atoms with Crippen LogP contribution < -0.4 is 0 Å². The normalized spacial score (nSPS) is 15.0. The molecule has 0 aliphatic carbocycles. The van der Waals surface area contributed by atoms with E-state index >= 15 is 0 Å². The van der Waals surface area contributed by atoms with Crippen LogP contribution in [0.2, 0.25) is 10.0 Å². The van der Waals surface area contributed by atoms with Crippen LogP contribution in [-0.4, -0.2) is 11.9 Å². The first-order chi connectivity index (χ1) is 13.1. The van der Waals surface area contributed by atoms with Crippen molar-refractivity contribution in [3.8, 4) is 11.1 Å². The zero-order valence-electron chi connectivity index (χ0n) is 14.0. The minimum Gasteiger partial charge on any atom is -0.402 e. The number of hydrogen-bond donors (Lipinski definition) is 0. The van der Waals surface area contributed by atoms with Gasteiger partial charge in [0.2, 0.25) is 5.90 Å². The van der Waals surface area contributed by atoms with Gasteiger partial charge >= 0.3 is 5.97 Å². The van der Waals surface area contributed by atoms with Crippen LogP contribution in [0, 0.1) is 0 Å². The summed E-state index contributed by atoms with van der Waals surface area (Å²) in [5.74, 6) is -0.253. The van der Waals surface area contributed by atoms with Crippen molar-refractivity contribution in [3.63, 3.8) is 0 Å². The molecule has 5 heteroatoms. The number of nitrogens with zero attached hydrogens (tertiary/aromatic N) is 1. The molecule has 3 nitrogen and oxygen atoms in total. The van der Waals surface area contributed by atoms with Crippen LogP contribution >= 0.6 is 23.2 Å². The van der Waals surface area contributed by atoms with Gasteiger partial charge in [-0.15, -0.1) is 0 Å². The Hall–Kier alpha value is -2.88. The molecule has 0 atom stereocenters. The lowest BCUT2D eigenvalue weighted by Gasteiger charge is -2.03. The molecular weight excluding hydrogens is 381 g/mol. The van der Waals surface area contributed by atoms with E-state index in [1.807, 2.05) is 54.6 Å². The largest absolute Gasteiger partial charge is 0.402 e. The average molecular weight is 394 g/mol. The highest BCUT2D eigenvalue weighted by molar-refractivity contribution is 6.43. The Labute approximate surface area is 166 Å². The maximum atomic E-state index is 12.2. The van der Waals surface area contributed by atoms with Crippen LogP contribution in [0.15, 0.2) is 83.5 Å². The van der Waals surface area contributed by atoms with Crippen molar-refractivity contribution in [2.75, 3.05) is 0 Å². The van der Waals surface area contributed by atoms with Gasteiger partial charge in [0, 0.05) is 5.56 Å². The van der Waals surface area contributed by atoms with Crippen LogP contribution in [-0.2, 0) is 9.53 Å². The van der Waals surface area contributed by atoms with Gasteiger partial charge < -0.3 is 4.74 Å². The Balaban J connectivity index is 1.63. The fourth-order valence-electron chi connectivity index (χ4n) is 2.75. The molecule has 0 saturated heterocycles. The summed E-state index contributed by atoms with van der Waals surface area (Å²) < 4.78 is 5.31. The van der Waals surface area contributed by atoms with Crippen LogP contribution in [0.1, 0.15) is 11.1 Å². The van der Waals surface area contributed by atoms with Crippen molar-refractivity contribution in [2.45, 2.75) is 0 Å². The SMILES string of the molecule is O=C1OC(c2ccc(-c3ccccc3)cc2)=NC1=Cc1cccc(Cl)c1Cl. The van der Waals surface area contributed by atoms with Gasteiger partial charge in [-0.05, 0) is 41.0 Å². The number of carbonyl (C=O) groups is 1. The predicted molar refractivity (Wildman–Crippen MR) is 109 cm³/mol. The third-order valence-corrected chi connectivity index (χ3v) is 4.97. The van der Waals surface area contributed by atoms with Crippen molar-refractivity contribution in [1.82, 2.24) is 0 Å². The van der Waals surface area contributed by atoms with E-state index in [2.05, 4.69) is 4.99 Å². The second-order valence-electron chi connectivity index (χ2n) is 5.92. The van der Waals surface area contributed by atoms with Gasteiger partial charge in [0.05, 0.1) is 10.0 Å². The van der Waals surface area contributed by atoms with Gasteiger partial charge in [0.15, 0.2) is 5.70 Å². The van der Waals surface area contributed by atoms with E-state index in [0.29, 0.717) is 15.6 Å². The number of rotatable bonds is 3. The lowest BCUT2D eigenvalue weighted by Crippen LogP contribution is -2.05. The summed E-state index contributed by atoms with van der Waals surface area (Å²) in [6.45, 7) is 0. The van der Waals surface area contributed by atoms with E-state index in [4.69, 9.17) is 27.9 Å². The molecular formula is C22H13Cl2NO2. The van der Waals surface area contributed by atoms with Crippen LogP contribution in [0.3, 0.4) is 0 Å². The standard InChI is InChI=1S/C22H13Cl2NO2/c23-18-8-4-7-17(20(18)24)13-19-22(26)27-21(25-19)16-11-9-15(10-12-16)14-5-2-1-3-6-14/h1-13H. The molecule has 3 aromatic carbocycles. The molecule has 132 valence electrons. The zero-order chi connectivity index (χ0) is 18.8. The van der Waals surface area contributed by atoms with Gasteiger partial charge in [-0.1, -0.05) is 77.8 Å². The summed E-state index contributed by atoms with van der Waals surface area (Å²) in [6.07, 6.45) is 1.57. The monoisotopic (exact) mass is 393 g/mol. The summed E-state index contributed by atoms with van der Waals surface area (Å²) in [7, 11) is 0. The molecule has 0 saturated carbocycles. The summed E-state index contributed by atoms with van der Waals surface area (Å²) in [5, 5.41) is 0.786. The number of cyclic esters (lactones) is 1. The number of hydrogen-bond acceptors (Lipinski definition) is 3. The Morgan fingerprint density at radius 1 is 0.778 bits per heavy atom. The maximum absolute atomic E-state index is 12.2. The fraction of sp³-hybridized carbons (Fsp3) is 0. The second kappa shape index (κ2) is 7.39. The van der Waals surface area contributed by atoms with E-state index in [1.165, 1.54) is 0 Å². The van der Waals surface area contributed by atoms with E-state index in [-0.39, 0.29) is 11.6 Å². The minimum absolute atomic E-state index is 0.182. The van der Waals surface area contributed by atoms with Crippen molar-refractivity contribution in [3.05, 3.63) is 99.7 Å². The van der Waals surface area contributed by atoms with Crippen molar-refractivity contribution >= 4 is 41.1 Å². The lowest BCUT2D eigenvalue weighted by molar-refractivity contribution is -0.129. The zero-order valence-corrected chi connectivity index (χ0v) is 15.5. The molecule has 0 radical (unpaired) electrons. The molecule has 0 unspecified atom stereocenters. The fourth-order valence-corrected chi connectivity index (χ4v) is 3.11.